The lowest BCUT2D eigenvalue weighted by atomic mass is 9.98. The van der Waals surface area contributed by atoms with E-state index < -0.39 is 6.04 Å². The standard InChI is InChI=1S/C22H28N2O3/c1-4-17(3)20(24-21(25)18-8-6-5-7-9-18)22(26)23-14-15-27-19-12-10-16(2)11-13-19/h5-13,17,20H,4,14-15H2,1-3H3,(H,23,26)(H,24,25). The van der Waals surface area contributed by atoms with E-state index in [4.69, 9.17) is 4.74 Å². The average molecular weight is 368 g/mol. The second kappa shape index (κ2) is 10.4. The summed E-state index contributed by atoms with van der Waals surface area (Å²) >= 11 is 0. The summed E-state index contributed by atoms with van der Waals surface area (Å²) in [5.41, 5.74) is 1.71. The van der Waals surface area contributed by atoms with E-state index in [1.165, 1.54) is 5.56 Å². The number of ether oxygens (including phenoxy) is 1. The summed E-state index contributed by atoms with van der Waals surface area (Å²) in [5.74, 6) is 0.356. The lowest BCUT2D eigenvalue weighted by Crippen LogP contribution is -2.50. The first-order valence-electron chi connectivity index (χ1n) is 9.34. The molecule has 2 aromatic rings. The van der Waals surface area contributed by atoms with Gasteiger partial charge < -0.3 is 15.4 Å². The molecule has 2 rings (SSSR count). The van der Waals surface area contributed by atoms with Gasteiger partial charge >= 0.3 is 0 Å². The molecule has 2 atom stereocenters. The maximum absolute atomic E-state index is 12.6. The molecule has 144 valence electrons. The van der Waals surface area contributed by atoms with Crippen molar-refractivity contribution < 1.29 is 14.3 Å². The fourth-order valence-electron chi connectivity index (χ4n) is 2.60. The molecule has 0 aliphatic rings. The van der Waals surface area contributed by atoms with Crippen LogP contribution in [0.1, 0.15) is 36.2 Å². The third kappa shape index (κ3) is 6.44. The summed E-state index contributed by atoms with van der Waals surface area (Å²) in [6, 6.07) is 16.1. The van der Waals surface area contributed by atoms with Gasteiger partial charge in [-0.1, -0.05) is 56.2 Å². The molecule has 0 aromatic heterocycles. The third-order valence-electron chi connectivity index (χ3n) is 4.51. The van der Waals surface area contributed by atoms with Crippen molar-refractivity contribution >= 4 is 11.8 Å². The number of carbonyl (C=O) groups excluding carboxylic acids is 2. The second-order valence-electron chi connectivity index (χ2n) is 6.66. The Morgan fingerprint density at radius 3 is 2.33 bits per heavy atom. The predicted octanol–water partition coefficient (Wildman–Crippen LogP) is 3.33. The molecule has 2 amide bonds. The zero-order valence-corrected chi connectivity index (χ0v) is 16.2. The van der Waals surface area contributed by atoms with Crippen LogP contribution < -0.4 is 15.4 Å². The highest BCUT2D eigenvalue weighted by atomic mass is 16.5. The molecule has 0 aliphatic heterocycles. The maximum Gasteiger partial charge on any atom is 0.251 e. The molecule has 0 saturated carbocycles. The van der Waals surface area contributed by atoms with Gasteiger partial charge in [-0.2, -0.15) is 0 Å². The normalized spacial score (nSPS) is 12.7. The van der Waals surface area contributed by atoms with E-state index in [-0.39, 0.29) is 17.7 Å². The van der Waals surface area contributed by atoms with Crippen LogP contribution in [-0.2, 0) is 4.79 Å². The fraction of sp³-hybridized carbons (Fsp3) is 0.364. The number of carbonyl (C=O) groups is 2. The number of nitrogens with one attached hydrogen (secondary N) is 2. The molecule has 0 heterocycles. The van der Waals surface area contributed by atoms with Gasteiger partial charge in [0.2, 0.25) is 5.91 Å². The van der Waals surface area contributed by atoms with Gasteiger partial charge in [0.05, 0.1) is 6.54 Å². The van der Waals surface area contributed by atoms with E-state index in [1.807, 2.05) is 51.1 Å². The first-order chi connectivity index (χ1) is 13.0. The van der Waals surface area contributed by atoms with Crippen LogP contribution in [0.4, 0.5) is 0 Å². The van der Waals surface area contributed by atoms with Gasteiger partial charge in [0.1, 0.15) is 18.4 Å². The summed E-state index contributed by atoms with van der Waals surface area (Å²) in [7, 11) is 0. The third-order valence-corrected chi connectivity index (χ3v) is 4.51. The van der Waals surface area contributed by atoms with Crippen molar-refractivity contribution in [2.45, 2.75) is 33.2 Å². The lowest BCUT2D eigenvalue weighted by Gasteiger charge is -2.23. The maximum atomic E-state index is 12.6. The monoisotopic (exact) mass is 368 g/mol. The number of aryl methyl sites for hydroxylation is 1. The second-order valence-corrected chi connectivity index (χ2v) is 6.66. The quantitative estimate of drug-likeness (QED) is 0.667. The number of amides is 2. The summed E-state index contributed by atoms with van der Waals surface area (Å²) in [4.78, 5) is 25.0. The summed E-state index contributed by atoms with van der Waals surface area (Å²) < 4.78 is 5.63. The van der Waals surface area contributed by atoms with Crippen LogP contribution >= 0.6 is 0 Å². The topological polar surface area (TPSA) is 67.4 Å². The van der Waals surface area contributed by atoms with Gasteiger partial charge in [-0.3, -0.25) is 9.59 Å². The SMILES string of the molecule is CCC(C)C(NC(=O)c1ccccc1)C(=O)NCCOc1ccc(C)cc1. The highest BCUT2D eigenvalue weighted by Crippen LogP contribution is 2.11. The molecule has 27 heavy (non-hydrogen) atoms. The molecule has 0 bridgehead atoms. The Bertz CT molecular complexity index is 729. The number of hydrogen-bond donors (Lipinski definition) is 2. The van der Waals surface area contributed by atoms with E-state index in [9.17, 15) is 9.59 Å². The van der Waals surface area contributed by atoms with E-state index in [1.54, 1.807) is 24.3 Å². The van der Waals surface area contributed by atoms with Crippen molar-refractivity contribution in [1.82, 2.24) is 10.6 Å². The first-order valence-corrected chi connectivity index (χ1v) is 9.34. The molecule has 2 unspecified atom stereocenters. The van der Waals surface area contributed by atoms with Crippen LogP contribution in [0.5, 0.6) is 5.75 Å². The Kier molecular flexibility index (Phi) is 7.86. The van der Waals surface area contributed by atoms with Crippen LogP contribution in [0, 0.1) is 12.8 Å². The van der Waals surface area contributed by atoms with Crippen LogP contribution in [0.3, 0.4) is 0 Å². The molecule has 5 heteroatoms. The highest BCUT2D eigenvalue weighted by molar-refractivity contribution is 5.97. The van der Waals surface area contributed by atoms with Gasteiger partial charge in [0.15, 0.2) is 0 Å². The molecule has 0 saturated heterocycles. The van der Waals surface area contributed by atoms with Crippen molar-refractivity contribution in [3.8, 4) is 5.75 Å². The van der Waals surface area contributed by atoms with E-state index in [2.05, 4.69) is 10.6 Å². The van der Waals surface area contributed by atoms with E-state index in [0.717, 1.165) is 12.2 Å². The van der Waals surface area contributed by atoms with Crippen LogP contribution in [0.25, 0.3) is 0 Å². The Hall–Kier alpha value is -2.82. The molecule has 0 fully saturated rings. The molecule has 2 N–H and O–H groups in total. The van der Waals surface area contributed by atoms with Crippen LogP contribution in [-0.4, -0.2) is 31.0 Å². The minimum Gasteiger partial charge on any atom is -0.492 e. The Morgan fingerprint density at radius 2 is 1.70 bits per heavy atom. The van der Waals surface area contributed by atoms with Gasteiger partial charge in [-0.05, 0) is 37.1 Å². The fourth-order valence-corrected chi connectivity index (χ4v) is 2.60. The number of hydrogen-bond acceptors (Lipinski definition) is 3. The molecular formula is C22H28N2O3. The molecule has 0 radical (unpaired) electrons. The Balaban J connectivity index is 1.86. The smallest absolute Gasteiger partial charge is 0.251 e. The van der Waals surface area contributed by atoms with Gasteiger partial charge in [-0.25, -0.2) is 0 Å². The van der Waals surface area contributed by atoms with E-state index in [0.29, 0.717) is 18.7 Å². The Labute approximate surface area is 161 Å². The van der Waals surface area contributed by atoms with Crippen molar-refractivity contribution in [3.63, 3.8) is 0 Å². The molecule has 2 aromatic carbocycles. The zero-order valence-electron chi connectivity index (χ0n) is 16.2. The summed E-state index contributed by atoms with van der Waals surface area (Å²) in [6.45, 7) is 6.72. The lowest BCUT2D eigenvalue weighted by molar-refractivity contribution is -0.124. The zero-order chi connectivity index (χ0) is 19.6. The Morgan fingerprint density at radius 1 is 1.04 bits per heavy atom. The first kappa shape index (κ1) is 20.5. The molecular weight excluding hydrogens is 340 g/mol. The number of benzene rings is 2. The summed E-state index contributed by atoms with van der Waals surface area (Å²) in [6.07, 6.45) is 0.785. The average Bonchev–Trinajstić information content (AvgIpc) is 2.70. The van der Waals surface area contributed by atoms with Crippen LogP contribution in [0.2, 0.25) is 0 Å². The minimum atomic E-state index is -0.581. The molecule has 5 nitrogen and oxygen atoms in total. The molecule has 0 aliphatic carbocycles. The molecule has 0 spiro atoms. The largest absolute Gasteiger partial charge is 0.492 e. The summed E-state index contributed by atoms with van der Waals surface area (Å²) in [5, 5.41) is 5.71. The minimum absolute atomic E-state index is 0.0238. The van der Waals surface area contributed by atoms with Crippen molar-refractivity contribution in [3.05, 3.63) is 65.7 Å². The van der Waals surface area contributed by atoms with Crippen molar-refractivity contribution in [2.24, 2.45) is 5.92 Å². The predicted molar refractivity (Wildman–Crippen MR) is 107 cm³/mol. The number of rotatable bonds is 9. The van der Waals surface area contributed by atoms with Gasteiger partial charge in [-0.15, -0.1) is 0 Å². The highest BCUT2D eigenvalue weighted by Gasteiger charge is 2.26. The van der Waals surface area contributed by atoms with Gasteiger partial charge in [0.25, 0.3) is 5.91 Å². The van der Waals surface area contributed by atoms with Crippen molar-refractivity contribution in [1.29, 1.82) is 0 Å². The van der Waals surface area contributed by atoms with Crippen LogP contribution in [0.15, 0.2) is 54.6 Å². The van der Waals surface area contributed by atoms with Gasteiger partial charge in [0, 0.05) is 5.56 Å². The van der Waals surface area contributed by atoms with Crippen molar-refractivity contribution in [2.75, 3.05) is 13.2 Å². The van der Waals surface area contributed by atoms with E-state index >= 15 is 0 Å².